The summed E-state index contributed by atoms with van der Waals surface area (Å²) in [5.74, 6) is 1.08. The van der Waals surface area contributed by atoms with Crippen LogP contribution in [0.1, 0.15) is 22.3 Å². The number of hydrogen-bond donors (Lipinski definition) is 0. The molecule has 0 saturated heterocycles. The van der Waals surface area contributed by atoms with Gasteiger partial charge in [-0.15, -0.1) is 0 Å². The molecule has 0 N–H and O–H groups in total. The summed E-state index contributed by atoms with van der Waals surface area (Å²) < 4.78 is 0. The molecule has 0 spiro atoms. The van der Waals surface area contributed by atoms with E-state index in [0.29, 0.717) is 11.6 Å². The van der Waals surface area contributed by atoms with E-state index in [1.807, 2.05) is 60.7 Å². The molecule has 0 atom stereocenters. The molecule has 0 unspecified atom stereocenters. The first-order chi connectivity index (χ1) is 19.3. The Hall–Kier alpha value is -4.86. The summed E-state index contributed by atoms with van der Waals surface area (Å²) in [5.41, 5.74) is 8.49. The highest BCUT2D eigenvalue weighted by molar-refractivity contribution is 6.28. The van der Waals surface area contributed by atoms with Gasteiger partial charge in [0.1, 0.15) is 0 Å². The van der Waals surface area contributed by atoms with Gasteiger partial charge in [-0.25, -0.2) is 4.98 Å². The first kappa shape index (κ1) is 24.5. The summed E-state index contributed by atoms with van der Waals surface area (Å²) in [6.45, 7) is 0. The van der Waals surface area contributed by atoms with Crippen LogP contribution in [0, 0.1) is 0 Å². The van der Waals surface area contributed by atoms with Gasteiger partial charge in [-0.2, -0.15) is 9.97 Å². The molecular weight excluding hydrogens is 498 g/mol. The van der Waals surface area contributed by atoms with Crippen molar-refractivity contribution in [3.05, 3.63) is 173 Å². The van der Waals surface area contributed by atoms with Gasteiger partial charge in [0, 0.05) is 11.1 Å². The number of aromatic nitrogens is 3. The van der Waals surface area contributed by atoms with Gasteiger partial charge in [0.2, 0.25) is 5.28 Å². The van der Waals surface area contributed by atoms with Crippen LogP contribution in [0.4, 0.5) is 0 Å². The number of benzene rings is 5. The Morgan fingerprint density at radius 1 is 0.385 bits per heavy atom. The molecule has 0 aliphatic carbocycles. The third-order valence-corrected chi connectivity index (χ3v) is 6.66. The highest BCUT2D eigenvalue weighted by atomic mass is 35.5. The van der Waals surface area contributed by atoms with Crippen LogP contribution in [0.25, 0.3) is 33.9 Å². The van der Waals surface area contributed by atoms with Crippen molar-refractivity contribution in [3.8, 4) is 22.8 Å². The molecule has 0 saturated carbocycles. The van der Waals surface area contributed by atoms with E-state index in [2.05, 4.69) is 94.9 Å². The van der Waals surface area contributed by atoms with Gasteiger partial charge in [0.25, 0.3) is 0 Å². The van der Waals surface area contributed by atoms with Crippen LogP contribution in [0.2, 0.25) is 5.28 Å². The Bertz CT molecular complexity index is 1690. The maximum atomic E-state index is 6.39. The van der Waals surface area contributed by atoms with E-state index in [1.165, 1.54) is 0 Å². The number of halogens is 1. The molecule has 1 heterocycles. The molecule has 5 aromatic carbocycles. The Balaban J connectivity index is 1.58. The molecule has 0 amide bonds. The van der Waals surface area contributed by atoms with Gasteiger partial charge >= 0.3 is 0 Å². The number of rotatable bonds is 6. The standard InChI is InChI=1S/C35H24ClN3/c36-35-38-33(28-20-11-4-12-21-28)37-34(39-35)30-23-13-22-29(24-30)32(27-18-9-3-10-19-27)31(25-14-5-1-6-15-25)26-16-7-2-8-17-26/h1-24H. The van der Waals surface area contributed by atoms with E-state index >= 15 is 0 Å². The SMILES string of the molecule is Clc1nc(-c2ccccc2)nc(-c2cccc(C(=C(c3ccccc3)c3ccccc3)c3ccccc3)c2)n1. The Labute approximate surface area is 233 Å². The van der Waals surface area contributed by atoms with Gasteiger partial charge in [-0.1, -0.05) is 140 Å². The molecule has 0 aliphatic rings. The van der Waals surface area contributed by atoms with Crippen molar-refractivity contribution in [2.24, 2.45) is 0 Å². The van der Waals surface area contributed by atoms with Crippen LogP contribution in [0.15, 0.2) is 146 Å². The van der Waals surface area contributed by atoms with Gasteiger partial charge in [0.15, 0.2) is 11.6 Å². The fourth-order valence-electron chi connectivity index (χ4n) is 4.73. The minimum Gasteiger partial charge on any atom is -0.208 e. The molecule has 0 bridgehead atoms. The minimum absolute atomic E-state index is 0.164. The second-order valence-corrected chi connectivity index (χ2v) is 9.38. The zero-order valence-corrected chi connectivity index (χ0v) is 21.8. The summed E-state index contributed by atoms with van der Waals surface area (Å²) >= 11 is 6.39. The number of hydrogen-bond acceptors (Lipinski definition) is 3. The summed E-state index contributed by atoms with van der Waals surface area (Å²) in [6, 6.07) is 49.7. The highest BCUT2D eigenvalue weighted by Crippen LogP contribution is 2.37. The summed E-state index contributed by atoms with van der Waals surface area (Å²) in [7, 11) is 0. The number of nitrogens with zero attached hydrogens (tertiary/aromatic N) is 3. The highest BCUT2D eigenvalue weighted by Gasteiger charge is 2.17. The zero-order chi connectivity index (χ0) is 26.4. The van der Waals surface area contributed by atoms with E-state index in [0.717, 1.165) is 44.5 Å². The predicted octanol–water partition coefficient (Wildman–Crippen LogP) is 8.87. The molecule has 0 radical (unpaired) electrons. The third-order valence-electron chi connectivity index (χ3n) is 6.49. The van der Waals surface area contributed by atoms with Crippen molar-refractivity contribution in [1.82, 2.24) is 15.0 Å². The van der Waals surface area contributed by atoms with Crippen molar-refractivity contribution >= 4 is 22.7 Å². The van der Waals surface area contributed by atoms with Crippen LogP contribution < -0.4 is 0 Å². The fourth-order valence-corrected chi connectivity index (χ4v) is 4.89. The van der Waals surface area contributed by atoms with Crippen LogP contribution >= 0.6 is 11.6 Å². The maximum absolute atomic E-state index is 6.39. The van der Waals surface area contributed by atoms with Crippen LogP contribution in [-0.2, 0) is 0 Å². The topological polar surface area (TPSA) is 38.7 Å². The molecule has 6 rings (SSSR count). The molecule has 3 nitrogen and oxygen atoms in total. The summed E-state index contributed by atoms with van der Waals surface area (Å²) in [5, 5.41) is 0.164. The smallest absolute Gasteiger partial charge is 0.208 e. The maximum Gasteiger partial charge on any atom is 0.226 e. The summed E-state index contributed by atoms with van der Waals surface area (Å²) in [6.07, 6.45) is 0. The van der Waals surface area contributed by atoms with Crippen molar-refractivity contribution in [2.45, 2.75) is 0 Å². The lowest BCUT2D eigenvalue weighted by Crippen LogP contribution is -1.99. The van der Waals surface area contributed by atoms with Crippen LogP contribution in [0.5, 0.6) is 0 Å². The Kier molecular flexibility index (Phi) is 7.07. The molecular formula is C35H24ClN3. The normalized spacial score (nSPS) is 10.7. The van der Waals surface area contributed by atoms with Gasteiger partial charge in [-0.3, -0.25) is 0 Å². The van der Waals surface area contributed by atoms with Crippen molar-refractivity contribution in [1.29, 1.82) is 0 Å². The average molecular weight is 522 g/mol. The van der Waals surface area contributed by atoms with Gasteiger partial charge < -0.3 is 0 Å². The van der Waals surface area contributed by atoms with E-state index in [1.54, 1.807) is 0 Å². The van der Waals surface area contributed by atoms with Crippen molar-refractivity contribution < 1.29 is 0 Å². The molecule has 186 valence electrons. The third kappa shape index (κ3) is 5.40. The second-order valence-electron chi connectivity index (χ2n) is 9.05. The van der Waals surface area contributed by atoms with E-state index in [9.17, 15) is 0 Å². The second kappa shape index (κ2) is 11.3. The minimum atomic E-state index is 0.164. The average Bonchev–Trinajstić information content (AvgIpc) is 3.01. The van der Waals surface area contributed by atoms with E-state index in [-0.39, 0.29) is 5.28 Å². The van der Waals surface area contributed by atoms with Crippen molar-refractivity contribution in [3.63, 3.8) is 0 Å². The molecule has 1 aromatic heterocycles. The monoisotopic (exact) mass is 521 g/mol. The lowest BCUT2D eigenvalue weighted by Gasteiger charge is -2.18. The lowest BCUT2D eigenvalue weighted by molar-refractivity contribution is 1.07. The zero-order valence-electron chi connectivity index (χ0n) is 21.1. The molecule has 39 heavy (non-hydrogen) atoms. The molecule has 6 aromatic rings. The van der Waals surface area contributed by atoms with Gasteiger partial charge in [-0.05, 0) is 51.1 Å². The van der Waals surface area contributed by atoms with E-state index < -0.39 is 0 Å². The first-order valence-corrected chi connectivity index (χ1v) is 13.1. The predicted molar refractivity (Wildman–Crippen MR) is 160 cm³/mol. The molecule has 0 aliphatic heterocycles. The van der Waals surface area contributed by atoms with Crippen molar-refractivity contribution in [2.75, 3.05) is 0 Å². The largest absolute Gasteiger partial charge is 0.226 e. The van der Waals surface area contributed by atoms with Crippen LogP contribution in [-0.4, -0.2) is 15.0 Å². The van der Waals surface area contributed by atoms with Crippen LogP contribution in [0.3, 0.4) is 0 Å². The summed E-state index contributed by atoms with van der Waals surface area (Å²) in [4.78, 5) is 13.7. The van der Waals surface area contributed by atoms with Gasteiger partial charge in [0.05, 0.1) is 0 Å². The lowest BCUT2D eigenvalue weighted by atomic mass is 9.85. The Morgan fingerprint density at radius 3 is 1.28 bits per heavy atom. The quantitative estimate of drug-likeness (QED) is 0.205. The fraction of sp³-hybridized carbons (Fsp3) is 0. The first-order valence-electron chi connectivity index (χ1n) is 12.7. The Morgan fingerprint density at radius 2 is 0.769 bits per heavy atom. The van der Waals surface area contributed by atoms with E-state index in [4.69, 9.17) is 16.6 Å². The molecule has 4 heteroatoms. The molecule has 0 fully saturated rings.